The van der Waals surface area contributed by atoms with Crippen LogP contribution in [0.2, 0.25) is 0 Å². The Bertz CT molecular complexity index is 692. The van der Waals surface area contributed by atoms with Crippen LogP contribution in [0.3, 0.4) is 0 Å². The summed E-state index contributed by atoms with van der Waals surface area (Å²) in [6, 6.07) is 9.17. The lowest BCUT2D eigenvalue weighted by Crippen LogP contribution is -2.18. The van der Waals surface area contributed by atoms with Crippen LogP contribution in [0.15, 0.2) is 36.4 Å². The smallest absolute Gasteiger partial charge is 0.258 e. The number of carbonyl (C=O) groups excluding carboxylic acids is 1. The monoisotopic (exact) mass is 340 g/mol. The van der Waals surface area contributed by atoms with Crippen molar-refractivity contribution in [2.45, 2.75) is 20.4 Å². The number of para-hydroxylation sites is 1. The molecule has 0 aliphatic carbocycles. The Morgan fingerprint density at radius 1 is 1.13 bits per heavy atom. The van der Waals surface area contributed by atoms with E-state index in [-0.39, 0.29) is 23.5 Å². The summed E-state index contributed by atoms with van der Waals surface area (Å²) in [6.07, 6.45) is 0. The van der Waals surface area contributed by atoms with Crippen molar-refractivity contribution in [2.75, 3.05) is 11.9 Å². The topological polar surface area (TPSA) is 41.1 Å². The third-order valence-electron chi connectivity index (χ3n) is 3.32. The summed E-state index contributed by atoms with van der Waals surface area (Å²) >= 11 is 0. The Labute approximate surface area is 140 Å². The molecule has 0 saturated heterocycles. The van der Waals surface area contributed by atoms with Crippen molar-refractivity contribution in [1.82, 2.24) is 5.32 Å². The van der Waals surface area contributed by atoms with E-state index in [1.54, 1.807) is 12.1 Å². The number of hydrogen-bond donors (Lipinski definition) is 2. The molecule has 2 aromatic rings. The molecule has 2 N–H and O–H groups in total. The summed E-state index contributed by atoms with van der Waals surface area (Å²) in [7, 11) is 0. The summed E-state index contributed by atoms with van der Waals surface area (Å²) in [5.74, 6) is -2.01. The lowest BCUT2D eigenvalue weighted by molar-refractivity contribution is 0.102. The van der Waals surface area contributed by atoms with Crippen LogP contribution in [0.25, 0.3) is 0 Å². The molecule has 0 heterocycles. The highest BCUT2D eigenvalue weighted by molar-refractivity contribution is 6.04. The normalized spacial score (nSPS) is 10.1. The van der Waals surface area contributed by atoms with Gasteiger partial charge in [-0.05, 0) is 42.8 Å². The van der Waals surface area contributed by atoms with E-state index in [0.29, 0.717) is 12.2 Å². The molecule has 0 atom stereocenters. The summed E-state index contributed by atoms with van der Waals surface area (Å²) in [5.41, 5.74) is 1.32. The van der Waals surface area contributed by atoms with Gasteiger partial charge in [-0.15, -0.1) is 12.4 Å². The van der Waals surface area contributed by atoms with E-state index in [4.69, 9.17) is 0 Å². The largest absolute Gasteiger partial charge is 0.322 e. The fourth-order valence-electron chi connectivity index (χ4n) is 2.07. The summed E-state index contributed by atoms with van der Waals surface area (Å²) < 4.78 is 27.4. The molecule has 0 aromatic heterocycles. The minimum atomic E-state index is -0.736. The second-order valence-corrected chi connectivity index (χ2v) is 4.97. The summed E-state index contributed by atoms with van der Waals surface area (Å²) in [5, 5.41) is 5.80. The van der Waals surface area contributed by atoms with E-state index in [0.717, 1.165) is 24.2 Å². The van der Waals surface area contributed by atoms with Crippen LogP contribution in [-0.4, -0.2) is 12.5 Å². The van der Waals surface area contributed by atoms with Crippen LogP contribution in [0, 0.1) is 18.6 Å². The van der Waals surface area contributed by atoms with Gasteiger partial charge in [0, 0.05) is 12.2 Å². The molecule has 124 valence electrons. The fourth-order valence-corrected chi connectivity index (χ4v) is 2.07. The summed E-state index contributed by atoms with van der Waals surface area (Å²) in [4.78, 5) is 12.2. The molecule has 0 fully saturated rings. The van der Waals surface area contributed by atoms with E-state index < -0.39 is 17.5 Å². The number of amides is 1. The molecule has 0 radical (unpaired) electrons. The highest BCUT2D eigenvalue weighted by Crippen LogP contribution is 2.19. The van der Waals surface area contributed by atoms with Gasteiger partial charge in [0.25, 0.3) is 5.91 Å². The molecule has 0 aliphatic heterocycles. The fraction of sp³-hybridized carbons (Fsp3) is 0.235. The van der Waals surface area contributed by atoms with Gasteiger partial charge < -0.3 is 10.6 Å². The molecule has 0 bridgehead atoms. The molecule has 6 heteroatoms. The Morgan fingerprint density at radius 2 is 1.83 bits per heavy atom. The highest BCUT2D eigenvalue weighted by Gasteiger charge is 2.16. The second kappa shape index (κ2) is 8.60. The molecular formula is C17H19ClF2N2O. The standard InChI is InChI=1S/C17H18F2N2O.ClH/c1-3-20-10-12-6-4-5-7-16(12)21-17(22)13-9-14(18)11(2)8-15(13)19;/h4-9,20H,3,10H2,1-2H3,(H,21,22);1H. The molecule has 23 heavy (non-hydrogen) atoms. The zero-order chi connectivity index (χ0) is 16.1. The first-order valence-electron chi connectivity index (χ1n) is 7.08. The van der Waals surface area contributed by atoms with Gasteiger partial charge in [0.1, 0.15) is 11.6 Å². The molecule has 2 aromatic carbocycles. The predicted molar refractivity (Wildman–Crippen MR) is 90.1 cm³/mol. The number of aryl methyl sites for hydroxylation is 1. The SMILES string of the molecule is CCNCc1ccccc1NC(=O)c1cc(F)c(C)cc1F.Cl. The van der Waals surface area contributed by atoms with Gasteiger partial charge in [0.15, 0.2) is 0 Å². The van der Waals surface area contributed by atoms with Crippen LogP contribution in [0.5, 0.6) is 0 Å². The zero-order valence-corrected chi connectivity index (χ0v) is 13.8. The van der Waals surface area contributed by atoms with Gasteiger partial charge in [-0.2, -0.15) is 0 Å². The lowest BCUT2D eigenvalue weighted by atomic mass is 10.1. The molecule has 0 unspecified atom stereocenters. The number of halogens is 3. The maximum Gasteiger partial charge on any atom is 0.258 e. The molecule has 0 aliphatic rings. The maximum absolute atomic E-state index is 13.8. The minimum Gasteiger partial charge on any atom is -0.322 e. The first kappa shape index (κ1) is 19.1. The van der Waals surface area contributed by atoms with Crippen LogP contribution < -0.4 is 10.6 Å². The van der Waals surface area contributed by atoms with E-state index in [1.807, 2.05) is 19.1 Å². The molecule has 1 amide bonds. The number of benzene rings is 2. The van der Waals surface area contributed by atoms with Gasteiger partial charge in [0.05, 0.1) is 5.56 Å². The lowest BCUT2D eigenvalue weighted by Gasteiger charge is -2.12. The Kier molecular flexibility index (Phi) is 7.13. The Hall–Kier alpha value is -1.98. The van der Waals surface area contributed by atoms with Gasteiger partial charge in [-0.25, -0.2) is 8.78 Å². The van der Waals surface area contributed by atoms with Gasteiger partial charge in [-0.3, -0.25) is 4.79 Å². The summed E-state index contributed by atoms with van der Waals surface area (Å²) in [6.45, 7) is 4.80. The van der Waals surface area contributed by atoms with Crippen LogP contribution in [0.1, 0.15) is 28.4 Å². The molecule has 0 saturated carbocycles. The van der Waals surface area contributed by atoms with E-state index >= 15 is 0 Å². The average molecular weight is 341 g/mol. The minimum absolute atomic E-state index is 0. The highest BCUT2D eigenvalue weighted by atomic mass is 35.5. The predicted octanol–water partition coefficient (Wildman–Crippen LogP) is 4.06. The molecule has 2 rings (SSSR count). The Morgan fingerprint density at radius 3 is 2.52 bits per heavy atom. The van der Waals surface area contributed by atoms with Crippen molar-refractivity contribution >= 4 is 24.0 Å². The van der Waals surface area contributed by atoms with Crippen molar-refractivity contribution in [2.24, 2.45) is 0 Å². The van der Waals surface area contributed by atoms with Crippen molar-refractivity contribution in [3.63, 3.8) is 0 Å². The quantitative estimate of drug-likeness (QED) is 0.862. The molecule has 3 nitrogen and oxygen atoms in total. The number of rotatable bonds is 5. The van der Waals surface area contributed by atoms with Crippen molar-refractivity contribution in [3.05, 3.63) is 64.7 Å². The van der Waals surface area contributed by atoms with Crippen LogP contribution in [0.4, 0.5) is 14.5 Å². The third kappa shape index (κ3) is 4.74. The first-order valence-corrected chi connectivity index (χ1v) is 7.08. The van der Waals surface area contributed by atoms with E-state index in [9.17, 15) is 13.6 Å². The maximum atomic E-state index is 13.8. The van der Waals surface area contributed by atoms with Gasteiger partial charge in [-0.1, -0.05) is 25.1 Å². The third-order valence-corrected chi connectivity index (χ3v) is 3.32. The van der Waals surface area contributed by atoms with Crippen molar-refractivity contribution < 1.29 is 13.6 Å². The van der Waals surface area contributed by atoms with Crippen molar-refractivity contribution in [1.29, 1.82) is 0 Å². The number of nitrogens with one attached hydrogen (secondary N) is 2. The number of hydrogen-bond acceptors (Lipinski definition) is 2. The number of carbonyl (C=O) groups is 1. The van der Waals surface area contributed by atoms with Crippen LogP contribution >= 0.6 is 12.4 Å². The number of anilines is 1. The average Bonchev–Trinajstić information content (AvgIpc) is 2.50. The molecule has 0 spiro atoms. The first-order chi connectivity index (χ1) is 10.5. The molecular weight excluding hydrogens is 322 g/mol. The van der Waals surface area contributed by atoms with Crippen LogP contribution in [-0.2, 0) is 6.54 Å². The Balaban J connectivity index is 0.00000264. The second-order valence-electron chi connectivity index (χ2n) is 4.97. The van der Waals surface area contributed by atoms with Gasteiger partial charge >= 0.3 is 0 Å². The van der Waals surface area contributed by atoms with Crippen molar-refractivity contribution in [3.8, 4) is 0 Å². The van der Waals surface area contributed by atoms with E-state index in [1.165, 1.54) is 6.92 Å². The zero-order valence-electron chi connectivity index (χ0n) is 13.0. The van der Waals surface area contributed by atoms with Gasteiger partial charge in [0.2, 0.25) is 0 Å². The van der Waals surface area contributed by atoms with E-state index in [2.05, 4.69) is 10.6 Å².